The van der Waals surface area contributed by atoms with E-state index in [2.05, 4.69) is 42.2 Å². The number of unbranched alkanes of at least 4 members (excludes halogenated alkanes) is 2. The largest absolute Gasteiger partial charge is 0.497 e. The van der Waals surface area contributed by atoms with Crippen molar-refractivity contribution in [1.29, 1.82) is 0 Å². The first-order chi connectivity index (χ1) is 11.8. The maximum Gasteiger partial charge on any atom is 0.118 e. The highest BCUT2D eigenvalue weighted by atomic mass is 16.5. The second-order valence-corrected chi connectivity index (χ2v) is 7.04. The smallest absolute Gasteiger partial charge is 0.118 e. The molecule has 2 nitrogen and oxygen atoms in total. The minimum atomic E-state index is 0.929. The van der Waals surface area contributed by atoms with Crippen molar-refractivity contribution in [3.8, 4) is 5.75 Å². The Bertz CT molecular complexity index is 597. The molecule has 1 aliphatic carbocycles. The van der Waals surface area contributed by atoms with Crippen LogP contribution in [0, 0.1) is 0 Å². The Morgan fingerprint density at radius 1 is 1.04 bits per heavy atom. The lowest BCUT2D eigenvalue weighted by Crippen LogP contribution is -2.31. The summed E-state index contributed by atoms with van der Waals surface area (Å²) in [4.78, 5) is 2.64. The lowest BCUT2D eigenvalue weighted by Gasteiger charge is -2.37. The summed E-state index contributed by atoms with van der Waals surface area (Å²) in [5, 5.41) is 0. The van der Waals surface area contributed by atoms with E-state index in [1.165, 1.54) is 75.7 Å². The molecule has 1 aliphatic heterocycles. The van der Waals surface area contributed by atoms with Gasteiger partial charge in [0.1, 0.15) is 5.75 Å². The van der Waals surface area contributed by atoms with Gasteiger partial charge in [0.25, 0.3) is 0 Å². The van der Waals surface area contributed by atoms with Crippen LogP contribution in [0.1, 0.15) is 63.9 Å². The summed E-state index contributed by atoms with van der Waals surface area (Å²) in [6, 6.07) is 8.47. The Balaban J connectivity index is 1.87. The summed E-state index contributed by atoms with van der Waals surface area (Å²) in [7, 11) is 1.73. The molecule has 0 saturated carbocycles. The number of hydrogen-bond donors (Lipinski definition) is 0. The minimum Gasteiger partial charge on any atom is -0.497 e. The molecule has 2 aliphatic rings. The second-order valence-electron chi connectivity index (χ2n) is 7.04. The Morgan fingerprint density at radius 3 is 2.58 bits per heavy atom. The highest BCUT2D eigenvalue weighted by molar-refractivity contribution is 5.60. The van der Waals surface area contributed by atoms with E-state index in [4.69, 9.17) is 4.74 Å². The number of benzene rings is 1. The molecule has 24 heavy (non-hydrogen) atoms. The third-order valence-electron chi connectivity index (χ3n) is 5.37. The van der Waals surface area contributed by atoms with E-state index in [9.17, 15) is 0 Å². The van der Waals surface area contributed by atoms with Gasteiger partial charge in [-0.3, -0.25) is 0 Å². The second kappa shape index (κ2) is 8.41. The van der Waals surface area contributed by atoms with Gasteiger partial charge < -0.3 is 9.64 Å². The van der Waals surface area contributed by atoms with Gasteiger partial charge in [-0.1, -0.05) is 37.5 Å². The van der Waals surface area contributed by atoms with Crippen LogP contribution >= 0.6 is 0 Å². The van der Waals surface area contributed by atoms with Crippen molar-refractivity contribution in [1.82, 2.24) is 4.90 Å². The van der Waals surface area contributed by atoms with Crippen LogP contribution in [-0.4, -0.2) is 25.1 Å². The van der Waals surface area contributed by atoms with Gasteiger partial charge in [0.15, 0.2) is 0 Å². The topological polar surface area (TPSA) is 12.5 Å². The van der Waals surface area contributed by atoms with Crippen molar-refractivity contribution >= 4 is 6.08 Å². The number of methoxy groups -OCH3 is 1. The van der Waals surface area contributed by atoms with E-state index in [1.54, 1.807) is 18.3 Å². The zero-order valence-electron chi connectivity index (χ0n) is 15.3. The molecule has 3 rings (SSSR count). The van der Waals surface area contributed by atoms with Crippen molar-refractivity contribution in [3.05, 3.63) is 46.7 Å². The highest BCUT2D eigenvalue weighted by Gasteiger charge is 2.25. The first kappa shape index (κ1) is 17.1. The van der Waals surface area contributed by atoms with Crippen LogP contribution in [0.4, 0.5) is 0 Å². The number of nitrogens with zero attached hydrogens (tertiary/aromatic N) is 1. The molecule has 0 amide bonds. The summed E-state index contributed by atoms with van der Waals surface area (Å²) >= 11 is 0. The Kier molecular flexibility index (Phi) is 6.01. The molecular weight excluding hydrogens is 294 g/mol. The van der Waals surface area contributed by atoms with Gasteiger partial charge in [-0.05, 0) is 67.9 Å². The average molecular weight is 325 g/mol. The summed E-state index contributed by atoms with van der Waals surface area (Å²) in [5.41, 5.74) is 6.16. The SMILES string of the molecule is CCCCCN1CCC2=C(CCCC2)/C1=C/c1ccc(OC)cc1. The van der Waals surface area contributed by atoms with E-state index in [0.29, 0.717) is 0 Å². The Hall–Kier alpha value is -1.70. The van der Waals surface area contributed by atoms with Gasteiger partial charge in [0, 0.05) is 18.8 Å². The molecule has 2 heteroatoms. The summed E-state index contributed by atoms with van der Waals surface area (Å²) in [6.07, 6.45) is 12.9. The molecule has 1 aromatic carbocycles. The lowest BCUT2D eigenvalue weighted by molar-refractivity contribution is 0.324. The highest BCUT2D eigenvalue weighted by Crippen LogP contribution is 2.38. The fourth-order valence-electron chi connectivity index (χ4n) is 3.96. The minimum absolute atomic E-state index is 0.929. The number of allylic oxidation sites excluding steroid dienone is 1. The van der Waals surface area contributed by atoms with Crippen LogP contribution in [0.25, 0.3) is 6.08 Å². The number of hydrogen-bond acceptors (Lipinski definition) is 2. The van der Waals surface area contributed by atoms with Crippen LogP contribution in [0.15, 0.2) is 41.1 Å². The van der Waals surface area contributed by atoms with Gasteiger partial charge in [-0.25, -0.2) is 0 Å². The first-order valence-corrected chi connectivity index (χ1v) is 9.63. The molecule has 0 spiro atoms. The summed E-state index contributed by atoms with van der Waals surface area (Å²) in [5.74, 6) is 0.929. The number of rotatable bonds is 6. The molecule has 0 radical (unpaired) electrons. The zero-order valence-corrected chi connectivity index (χ0v) is 15.3. The predicted octanol–water partition coefficient (Wildman–Crippen LogP) is 5.80. The van der Waals surface area contributed by atoms with Crippen molar-refractivity contribution in [3.63, 3.8) is 0 Å². The molecule has 1 aromatic rings. The van der Waals surface area contributed by atoms with E-state index < -0.39 is 0 Å². The van der Waals surface area contributed by atoms with Crippen LogP contribution in [-0.2, 0) is 0 Å². The van der Waals surface area contributed by atoms with Gasteiger partial charge in [-0.15, -0.1) is 0 Å². The van der Waals surface area contributed by atoms with Gasteiger partial charge in [0.2, 0.25) is 0 Å². The molecule has 130 valence electrons. The third kappa shape index (κ3) is 4.03. The Labute approximate surface area is 147 Å². The van der Waals surface area contributed by atoms with E-state index in [0.717, 1.165) is 5.75 Å². The normalized spacial score (nSPS) is 19.6. The predicted molar refractivity (Wildman–Crippen MR) is 102 cm³/mol. The fourth-order valence-corrected chi connectivity index (χ4v) is 3.96. The van der Waals surface area contributed by atoms with E-state index in [-0.39, 0.29) is 0 Å². The van der Waals surface area contributed by atoms with Crippen LogP contribution < -0.4 is 4.74 Å². The zero-order chi connectivity index (χ0) is 16.8. The van der Waals surface area contributed by atoms with Gasteiger partial charge in [0.05, 0.1) is 7.11 Å². The molecule has 0 fully saturated rings. The van der Waals surface area contributed by atoms with Crippen molar-refractivity contribution < 1.29 is 4.74 Å². The average Bonchev–Trinajstić information content (AvgIpc) is 2.64. The molecule has 0 N–H and O–H groups in total. The summed E-state index contributed by atoms with van der Waals surface area (Å²) in [6.45, 7) is 4.68. The standard InChI is InChI=1S/C22H31NO/c1-3-4-7-15-23-16-14-19-8-5-6-9-21(19)22(23)17-18-10-12-20(24-2)13-11-18/h10-13,17H,3-9,14-16H2,1-2H3/b22-17-. The molecule has 0 atom stereocenters. The fraction of sp³-hybridized carbons (Fsp3) is 0.545. The lowest BCUT2D eigenvalue weighted by atomic mass is 9.84. The molecule has 0 unspecified atom stereocenters. The van der Waals surface area contributed by atoms with E-state index in [1.807, 2.05) is 0 Å². The van der Waals surface area contributed by atoms with Gasteiger partial charge in [-0.2, -0.15) is 0 Å². The molecule has 0 aromatic heterocycles. The quantitative estimate of drug-likeness (QED) is 0.613. The van der Waals surface area contributed by atoms with Gasteiger partial charge >= 0.3 is 0 Å². The summed E-state index contributed by atoms with van der Waals surface area (Å²) < 4.78 is 5.29. The molecule has 0 saturated heterocycles. The Morgan fingerprint density at radius 2 is 1.83 bits per heavy atom. The van der Waals surface area contributed by atoms with E-state index >= 15 is 0 Å². The molecular formula is C22H31NO. The maximum absolute atomic E-state index is 5.29. The monoisotopic (exact) mass is 325 g/mol. The van der Waals surface area contributed by atoms with Crippen molar-refractivity contribution in [2.24, 2.45) is 0 Å². The first-order valence-electron chi connectivity index (χ1n) is 9.63. The van der Waals surface area contributed by atoms with Crippen LogP contribution in [0.2, 0.25) is 0 Å². The van der Waals surface area contributed by atoms with Crippen LogP contribution in [0.5, 0.6) is 5.75 Å². The molecule has 1 heterocycles. The van der Waals surface area contributed by atoms with Crippen molar-refractivity contribution in [2.45, 2.75) is 58.3 Å². The van der Waals surface area contributed by atoms with Crippen LogP contribution in [0.3, 0.4) is 0 Å². The number of ether oxygens (including phenoxy) is 1. The van der Waals surface area contributed by atoms with Crippen molar-refractivity contribution in [2.75, 3.05) is 20.2 Å². The third-order valence-corrected chi connectivity index (χ3v) is 5.37. The maximum atomic E-state index is 5.29. The molecule has 0 bridgehead atoms.